The molecular formula is C20H36O2Si. The Hall–Kier alpha value is -0.413. The molecule has 0 aromatic rings. The van der Waals surface area contributed by atoms with E-state index >= 15 is 0 Å². The Labute approximate surface area is 144 Å². The summed E-state index contributed by atoms with van der Waals surface area (Å²) < 4.78 is 6.71. The lowest BCUT2D eigenvalue weighted by Gasteiger charge is -2.70. The largest absolute Gasteiger partial charge is 0.416 e. The summed E-state index contributed by atoms with van der Waals surface area (Å²) in [6.07, 6.45) is 8.24. The van der Waals surface area contributed by atoms with Gasteiger partial charge in [-0.25, -0.2) is 0 Å². The van der Waals surface area contributed by atoms with Gasteiger partial charge < -0.3 is 4.43 Å². The second-order valence-corrected chi connectivity index (χ2v) is 14.8. The van der Waals surface area contributed by atoms with Crippen molar-refractivity contribution in [3.05, 3.63) is 11.6 Å². The minimum absolute atomic E-state index is 0.369. The van der Waals surface area contributed by atoms with Gasteiger partial charge in [-0.05, 0) is 65.6 Å². The molecule has 0 spiro atoms. The van der Waals surface area contributed by atoms with Crippen molar-refractivity contribution in [3.8, 4) is 0 Å². The molecule has 0 atom stereocenters. The lowest BCUT2D eigenvalue weighted by atomic mass is 9.34. The fourth-order valence-electron chi connectivity index (χ4n) is 5.96. The molecule has 0 saturated heterocycles. The second-order valence-electron chi connectivity index (χ2n) is 9.32. The molecule has 3 rings (SSSR count). The Bertz CT molecular complexity index is 434. The van der Waals surface area contributed by atoms with Crippen molar-refractivity contribution < 1.29 is 9.22 Å². The Morgan fingerprint density at radius 1 is 1.04 bits per heavy atom. The third-order valence-electron chi connectivity index (χ3n) is 6.59. The van der Waals surface area contributed by atoms with E-state index in [9.17, 15) is 4.79 Å². The Morgan fingerprint density at radius 2 is 1.52 bits per heavy atom. The van der Waals surface area contributed by atoms with Crippen molar-refractivity contribution in [1.82, 2.24) is 0 Å². The first-order chi connectivity index (χ1) is 10.6. The zero-order chi connectivity index (χ0) is 17.5. The standard InChI is InChI=1S/C20H36O2Si/c1-15(2)23(16(3)4,17(5)6)22-9-8-19-12-20(13-19,14-19)10-18(7)11-21/h10-11,15-17H,8-9,12-14H2,1-7H3/b18-10+. The molecule has 2 bridgehead atoms. The smallest absolute Gasteiger partial charge is 0.200 e. The first kappa shape index (κ1) is 18.9. The summed E-state index contributed by atoms with van der Waals surface area (Å²) in [6.45, 7) is 17.0. The topological polar surface area (TPSA) is 26.3 Å². The highest BCUT2D eigenvalue weighted by Gasteiger charge is 2.65. The maximum Gasteiger partial charge on any atom is 0.200 e. The third-order valence-corrected chi connectivity index (χ3v) is 12.7. The summed E-state index contributed by atoms with van der Waals surface area (Å²) >= 11 is 0. The zero-order valence-electron chi connectivity index (χ0n) is 16.2. The fraction of sp³-hybridized carbons (Fsp3) is 0.850. The summed E-state index contributed by atoms with van der Waals surface area (Å²) in [5.41, 5.74) is 3.80. The number of carbonyl (C=O) groups excluding carboxylic acids is 1. The predicted octanol–water partition coefficient (Wildman–Crippen LogP) is 5.88. The van der Waals surface area contributed by atoms with Crippen LogP contribution >= 0.6 is 0 Å². The van der Waals surface area contributed by atoms with Crippen LogP contribution in [-0.2, 0) is 9.22 Å². The van der Waals surface area contributed by atoms with Gasteiger partial charge in [-0.1, -0.05) is 47.6 Å². The third kappa shape index (κ3) is 3.24. The number of allylic oxidation sites excluding steroid dienone is 2. The highest BCUT2D eigenvalue weighted by molar-refractivity contribution is 6.77. The quantitative estimate of drug-likeness (QED) is 0.298. The number of aldehydes is 1. The van der Waals surface area contributed by atoms with Crippen LogP contribution in [0.15, 0.2) is 11.6 Å². The summed E-state index contributed by atoms with van der Waals surface area (Å²) in [5.74, 6) is 0. The van der Waals surface area contributed by atoms with E-state index in [0.717, 1.165) is 18.5 Å². The van der Waals surface area contributed by atoms with Crippen LogP contribution in [0.4, 0.5) is 0 Å². The molecular weight excluding hydrogens is 300 g/mol. The highest BCUT2D eigenvalue weighted by Crippen LogP contribution is 2.75. The van der Waals surface area contributed by atoms with Crippen molar-refractivity contribution in [2.45, 2.75) is 90.8 Å². The first-order valence-electron chi connectivity index (χ1n) is 9.40. The lowest BCUT2D eigenvalue weighted by molar-refractivity contribution is -0.177. The number of rotatable bonds is 9. The molecule has 23 heavy (non-hydrogen) atoms. The SMILES string of the molecule is C/C(C=O)=C\C12CC(CCO[Si](C(C)C)(C(C)C)C(C)C)(C1)C2. The van der Waals surface area contributed by atoms with Gasteiger partial charge in [-0.3, -0.25) is 4.79 Å². The van der Waals surface area contributed by atoms with Crippen molar-refractivity contribution in [1.29, 1.82) is 0 Å². The summed E-state index contributed by atoms with van der Waals surface area (Å²) in [4.78, 5) is 10.8. The molecule has 3 aliphatic rings. The van der Waals surface area contributed by atoms with Crippen LogP contribution in [0.1, 0.15) is 74.1 Å². The maximum absolute atomic E-state index is 10.8. The van der Waals surface area contributed by atoms with E-state index in [1.54, 1.807) is 0 Å². The van der Waals surface area contributed by atoms with E-state index in [1.807, 2.05) is 6.92 Å². The van der Waals surface area contributed by atoms with Crippen molar-refractivity contribution in [2.24, 2.45) is 10.8 Å². The van der Waals surface area contributed by atoms with Crippen molar-refractivity contribution >= 4 is 14.6 Å². The molecule has 3 heteroatoms. The minimum Gasteiger partial charge on any atom is -0.416 e. The molecule has 0 aromatic heterocycles. The molecule has 3 aliphatic carbocycles. The molecule has 0 amide bonds. The molecule has 132 valence electrons. The van der Waals surface area contributed by atoms with Crippen LogP contribution in [0.5, 0.6) is 0 Å². The molecule has 0 radical (unpaired) electrons. The summed E-state index contributed by atoms with van der Waals surface area (Å²) in [6, 6.07) is 0. The van der Waals surface area contributed by atoms with Gasteiger partial charge in [-0.15, -0.1) is 0 Å². The van der Waals surface area contributed by atoms with Gasteiger partial charge in [0.25, 0.3) is 0 Å². The normalized spacial score (nSPS) is 30.6. The van der Waals surface area contributed by atoms with Gasteiger partial charge in [0.2, 0.25) is 0 Å². The maximum atomic E-state index is 10.8. The average Bonchev–Trinajstić information content (AvgIpc) is 2.37. The molecule has 3 fully saturated rings. The number of hydrogen-bond donors (Lipinski definition) is 0. The van der Waals surface area contributed by atoms with Gasteiger partial charge in [-0.2, -0.15) is 0 Å². The highest BCUT2D eigenvalue weighted by atomic mass is 28.4. The Morgan fingerprint density at radius 3 is 1.91 bits per heavy atom. The number of carbonyl (C=O) groups is 1. The van der Waals surface area contributed by atoms with E-state index < -0.39 is 8.32 Å². The van der Waals surface area contributed by atoms with E-state index in [0.29, 0.717) is 27.5 Å². The van der Waals surface area contributed by atoms with Gasteiger partial charge in [0.15, 0.2) is 8.32 Å². The van der Waals surface area contributed by atoms with Crippen LogP contribution in [0, 0.1) is 10.8 Å². The minimum atomic E-state index is -1.71. The summed E-state index contributed by atoms with van der Waals surface area (Å²) in [5, 5.41) is 0. The van der Waals surface area contributed by atoms with E-state index in [4.69, 9.17) is 4.43 Å². The molecule has 0 aliphatic heterocycles. The van der Waals surface area contributed by atoms with Crippen LogP contribution in [-0.4, -0.2) is 21.2 Å². The van der Waals surface area contributed by atoms with Gasteiger partial charge in [0.1, 0.15) is 6.29 Å². The van der Waals surface area contributed by atoms with E-state index in [-0.39, 0.29) is 0 Å². The van der Waals surface area contributed by atoms with Crippen LogP contribution in [0.3, 0.4) is 0 Å². The lowest BCUT2D eigenvalue weighted by Crippen LogP contribution is -2.61. The molecule has 0 unspecified atom stereocenters. The Kier molecular flexibility index (Phi) is 5.33. The molecule has 0 heterocycles. The Balaban J connectivity index is 1.88. The van der Waals surface area contributed by atoms with Crippen molar-refractivity contribution in [3.63, 3.8) is 0 Å². The molecule has 3 saturated carbocycles. The van der Waals surface area contributed by atoms with Crippen molar-refractivity contribution in [2.75, 3.05) is 6.61 Å². The molecule has 0 N–H and O–H groups in total. The van der Waals surface area contributed by atoms with Crippen LogP contribution < -0.4 is 0 Å². The van der Waals surface area contributed by atoms with Gasteiger partial charge >= 0.3 is 0 Å². The van der Waals surface area contributed by atoms with Crippen LogP contribution in [0.2, 0.25) is 16.6 Å². The molecule has 2 nitrogen and oxygen atoms in total. The van der Waals surface area contributed by atoms with E-state index in [1.165, 1.54) is 25.7 Å². The van der Waals surface area contributed by atoms with Gasteiger partial charge in [0.05, 0.1) is 0 Å². The zero-order valence-corrected chi connectivity index (χ0v) is 17.2. The monoisotopic (exact) mass is 336 g/mol. The number of hydrogen-bond acceptors (Lipinski definition) is 2. The average molecular weight is 337 g/mol. The predicted molar refractivity (Wildman–Crippen MR) is 100 cm³/mol. The van der Waals surface area contributed by atoms with Crippen LogP contribution in [0.25, 0.3) is 0 Å². The fourth-order valence-corrected chi connectivity index (χ4v) is 11.4. The second kappa shape index (κ2) is 6.48. The van der Waals surface area contributed by atoms with E-state index in [2.05, 4.69) is 47.6 Å². The molecule has 0 aromatic carbocycles. The van der Waals surface area contributed by atoms with Gasteiger partial charge in [0, 0.05) is 6.61 Å². The summed E-state index contributed by atoms with van der Waals surface area (Å²) in [7, 11) is -1.71. The first-order valence-corrected chi connectivity index (χ1v) is 11.5.